The molecule has 0 bridgehead atoms. The quantitative estimate of drug-likeness (QED) is 0.152. The molecule has 0 unspecified atom stereocenters. The molecule has 1 heterocycles. The molecule has 0 spiro atoms. The first kappa shape index (κ1) is 32.6. The molecule has 0 aliphatic heterocycles. The van der Waals surface area contributed by atoms with Crippen molar-refractivity contribution in [2.24, 2.45) is 0 Å². The number of benzene rings is 10. The summed E-state index contributed by atoms with van der Waals surface area (Å²) in [6.45, 7) is 0. The number of anilines is 3. The van der Waals surface area contributed by atoms with Gasteiger partial charge in [-0.25, -0.2) is 0 Å². The minimum absolute atomic E-state index is 0.113. The maximum atomic E-state index is 9.81. The predicted octanol–water partition coefficient (Wildman–Crippen LogP) is 16.4. The Hall–Kier alpha value is -8.20. The van der Waals surface area contributed by atoms with Crippen molar-refractivity contribution in [1.82, 2.24) is 0 Å². The lowest BCUT2D eigenvalue weighted by molar-refractivity contribution is 0.670. The molecule has 0 atom stereocenters. The summed E-state index contributed by atoms with van der Waals surface area (Å²) in [6.07, 6.45) is 0. The molecule has 296 valence electrons. The van der Waals surface area contributed by atoms with Gasteiger partial charge in [0.05, 0.1) is 10.9 Å². The molecule has 0 saturated heterocycles. The van der Waals surface area contributed by atoms with Crippen LogP contribution in [-0.4, -0.2) is 0 Å². The molecule has 63 heavy (non-hydrogen) atoms. The molecule has 1 aliphatic rings. The number of furan rings is 1. The second-order valence-corrected chi connectivity index (χ2v) is 16.1. The SMILES string of the molecule is [2H]c1c([2H])c(N(c2ccc(-c3cccc4c3oc3ccccc34)cc2)c2ccc3c(c2)C(c2ccccc2)(c2ccccc2)c2ccccc2-3)c([2H])c([2H])c1-c1ccc(-c2ccccc2)cc1. The average Bonchev–Trinajstić information content (AvgIpc) is 3.92. The van der Waals surface area contributed by atoms with E-state index in [9.17, 15) is 5.48 Å². The summed E-state index contributed by atoms with van der Waals surface area (Å²) in [6, 6.07) is 75.9. The molecule has 12 rings (SSSR count). The summed E-state index contributed by atoms with van der Waals surface area (Å²) in [7, 11) is 0. The molecule has 1 aliphatic carbocycles. The number of rotatable bonds is 8. The lowest BCUT2D eigenvalue weighted by Gasteiger charge is -2.35. The lowest BCUT2D eigenvalue weighted by atomic mass is 9.67. The van der Waals surface area contributed by atoms with Crippen LogP contribution in [-0.2, 0) is 5.41 Å². The van der Waals surface area contributed by atoms with Crippen molar-refractivity contribution < 1.29 is 9.90 Å². The van der Waals surface area contributed by atoms with E-state index >= 15 is 0 Å². The Morgan fingerprint density at radius 3 is 1.59 bits per heavy atom. The third-order valence-corrected chi connectivity index (χ3v) is 12.7. The molecule has 0 saturated carbocycles. The summed E-state index contributed by atoms with van der Waals surface area (Å²) in [5.41, 5.74) is 14.0. The van der Waals surface area contributed by atoms with E-state index in [1.54, 1.807) is 0 Å². The third-order valence-electron chi connectivity index (χ3n) is 12.7. The molecular formula is C61H41NO. The van der Waals surface area contributed by atoms with Crippen LogP contribution in [0.15, 0.2) is 253 Å². The van der Waals surface area contributed by atoms with Crippen molar-refractivity contribution >= 4 is 39.0 Å². The first-order chi connectivity index (χ1) is 32.9. The van der Waals surface area contributed by atoms with Crippen molar-refractivity contribution in [2.45, 2.75) is 5.41 Å². The van der Waals surface area contributed by atoms with Crippen molar-refractivity contribution in [2.75, 3.05) is 4.90 Å². The van der Waals surface area contributed by atoms with Crippen LogP contribution in [0.4, 0.5) is 17.1 Å². The van der Waals surface area contributed by atoms with E-state index in [4.69, 9.17) is 4.42 Å². The maximum Gasteiger partial charge on any atom is 0.143 e. The zero-order chi connectivity index (χ0) is 45.2. The number of hydrogen-bond donors (Lipinski definition) is 0. The fraction of sp³-hybridized carbons (Fsp3) is 0.0164. The minimum atomic E-state index is -0.699. The zero-order valence-electron chi connectivity index (χ0n) is 38.2. The van der Waals surface area contributed by atoms with Crippen LogP contribution in [0.1, 0.15) is 27.7 Å². The largest absolute Gasteiger partial charge is 0.455 e. The van der Waals surface area contributed by atoms with Crippen molar-refractivity contribution in [3.05, 3.63) is 271 Å². The molecule has 0 N–H and O–H groups in total. The fourth-order valence-corrected chi connectivity index (χ4v) is 9.77. The van der Waals surface area contributed by atoms with Crippen molar-refractivity contribution in [3.63, 3.8) is 0 Å². The van der Waals surface area contributed by atoms with E-state index in [2.05, 4.69) is 109 Å². The summed E-state index contributed by atoms with van der Waals surface area (Å²) < 4.78 is 45.2. The van der Waals surface area contributed by atoms with Crippen LogP contribution in [0.5, 0.6) is 0 Å². The van der Waals surface area contributed by atoms with Gasteiger partial charge in [0.25, 0.3) is 0 Å². The molecule has 2 heteroatoms. The first-order valence-corrected chi connectivity index (χ1v) is 21.3. The van der Waals surface area contributed by atoms with Crippen LogP contribution < -0.4 is 4.90 Å². The Kier molecular flexibility index (Phi) is 7.78. The topological polar surface area (TPSA) is 16.4 Å². The van der Waals surface area contributed by atoms with Gasteiger partial charge < -0.3 is 9.32 Å². The Labute approximate surface area is 373 Å². The standard InChI is InChI=1S/C61H41NO/c1-4-15-42(16-5-1)43-27-29-44(30-28-43)45-31-35-49(36-32-45)62(50-37-33-46(34-38-50)52-23-14-24-56-55-22-11-13-26-59(55)63-60(52)56)51-39-40-54-53-21-10-12-25-57(53)61(58(54)41-51,47-17-6-2-7-18-47)48-19-8-3-9-20-48/h1-41H/i31D,32D,35D,36D. The van der Waals surface area contributed by atoms with Gasteiger partial charge in [0.2, 0.25) is 0 Å². The minimum Gasteiger partial charge on any atom is -0.455 e. The Balaban J connectivity index is 1.07. The fourth-order valence-electron chi connectivity index (χ4n) is 9.77. The molecule has 2 nitrogen and oxygen atoms in total. The van der Waals surface area contributed by atoms with Gasteiger partial charge in [-0.2, -0.15) is 0 Å². The average molecular weight is 808 g/mol. The lowest BCUT2D eigenvalue weighted by Crippen LogP contribution is -2.28. The van der Waals surface area contributed by atoms with Crippen molar-refractivity contribution in [1.29, 1.82) is 0 Å². The monoisotopic (exact) mass is 807 g/mol. The third kappa shape index (κ3) is 6.02. The van der Waals surface area contributed by atoms with E-state index < -0.39 is 5.41 Å². The van der Waals surface area contributed by atoms with Gasteiger partial charge in [-0.3, -0.25) is 0 Å². The second-order valence-electron chi connectivity index (χ2n) is 16.1. The van der Waals surface area contributed by atoms with Gasteiger partial charge in [0.15, 0.2) is 0 Å². The van der Waals surface area contributed by atoms with E-state index in [1.807, 2.05) is 120 Å². The first-order valence-electron chi connectivity index (χ1n) is 23.3. The molecule has 0 fully saturated rings. The number of para-hydroxylation sites is 2. The van der Waals surface area contributed by atoms with E-state index in [0.29, 0.717) is 16.9 Å². The zero-order valence-corrected chi connectivity index (χ0v) is 34.2. The van der Waals surface area contributed by atoms with E-state index in [0.717, 1.165) is 72.0 Å². The number of fused-ring (bicyclic) bond motifs is 6. The van der Waals surface area contributed by atoms with Gasteiger partial charge in [0, 0.05) is 33.4 Å². The van der Waals surface area contributed by atoms with Gasteiger partial charge >= 0.3 is 0 Å². The van der Waals surface area contributed by atoms with Gasteiger partial charge in [0.1, 0.15) is 11.2 Å². The van der Waals surface area contributed by atoms with E-state index in [-0.39, 0.29) is 35.4 Å². The summed E-state index contributed by atoms with van der Waals surface area (Å²) in [4.78, 5) is 1.90. The molecule has 10 aromatic carbocycles. The summed E-state index contributed by atoms with van der Waals surface area (Å²) in [5.74, 6) is 0. The molecular weight excluding hydrogens is 763 g/mol. The number of hydrogen-bond acceptors (Lipinski definition) is 2. The maximum absolute atomic E-state index is 9.81. The number of nitrogens with zero attached hydrogens (tertiary/aromatic N) is 1. The molecule has 0 radical (unpaired) electrons. The smallest absolute Gasteiger partial charge is 0.143 e. The van der Waals surface area contributed by atoms with Gasteiger partial charge in [-0.15, -0.1) is 0 Å². The highest BCUT2D eigenvalue weighted by Gasteiger charge is 2.46. The van der Waals surface area contributed by atoms with Crippen LogP contribution in [0.25, 0.3) is 66.4 Å². The van der Waals surface area contributed by atoms with Gasteiger partial charge in [-0.1, -0.05) is 206 Å². The van der Waals surface area contributed by atoms with Gasteiger partial charge in [-0.05, 0) is 104 Å². The van der Waals surface area contributed by atoms with Crippen LogP contribution in [0.2, 0.25) is 0 Å². The Morgan fingerprint density at radius 1 is 0.349 bits per heavy atom. The van der Waals surface area contributed by atoms with Crippen LogP contribution in [0, 0.1) is 0 Å². The molecule has 11 aromatic rings. The van der Waals surface area contributed by atoms with E-state index in [1.165, 1.54) is 5.56 Å². The summed E-state index contributed by atoms with van der Waals surface area (Å²) in [5, 5.41) is 2.10. The van der Waals surface area contributed by atoms with Crippen molar-refractivity contribution in [3.8, 4) is 44.5 Å². The molecule has 1 aromatic heterocycles. The highest BCUT2D eigenvalue weighted by atomic mass is 16.3. The van der Waals surface area contributed by atoms with Crippen LogP contribution >= 0.6 is 0 Å². The Morgan fingerprint density at radius 2 is 0.873 bits per heavy atom. The van der Waals surface area contributed by atoms with Crippen LogP contribution in [0.3, 0.4) is 0 Å². The highest BCUT2D eigenvalue weighted by molar-refractivity contribution is 6.09. The highest BCUT2D eigenvalue weighted by Crippen LogP contribution is 2.57. The normalized spacial score (nSPS) is 13.5. The molecule has 0 amide bonds. The Bertz CT molecular complexity index is 3590. The second kappa shape index (κ2) is 15.1. The predicted molar refractivity (Wildman–Crippen MR) is 262 cm³/mol. The summed E-state index contributed by atoms with van der Waals surface area (Å²) >= 11 is 0.